The summed E-state index contributed by atoms with van der Waals surface area (Å²) in [4.78, 5) is 18.0. The first kappa shape index (κ1) is 18.2. The highest BCUT2D eigenvalue weighted by Gasteiger charge is 2.09. The summed E-state index contributed by atoms with van der Waals surface area (Å²) in [6, 6.07) is 7.33. The van der Waals surface area contributed by atoms with E-state index in [2.05, 4.69) is 20.5 Å². The van der Waals surface area contributed by atoms with Crippen LogP contribution in [0.3, 0.4) is 0 Å². The van der Waals surface area contributed by atoms with Crippen LogP contribution in [0.1, 0.15) is 15.9 Å². The molecule has 1 saturated heterocycles. The molecule has 0 bridgehead atoms. The fourth-order valence-corrected chi connectivity index (χ4v) is 2.44. The number of nitrogens with zero attached hydrogens (tertiary/aromatic N) is 2. The maximum Gasteiger partial charge on any atom is 0.337 e. The van der Waals surface area contributed by atoms with Crippen molar-refractivity contribution < 1.29 is 14.3 Å². The Hall–Kier alpha value is -2.12. The van der Waals surface area contributed by atoms with E-state index in [1.54, 1.807) is 19.2 Å². The van der Waals surface area contributed by atoms with E-state index < -0.39 is 0 Å². The molecule has 132 valence electrons. The third kappa shape index (κ3) is 5.82. The number of methoxy groups -OCH3 is 1. The van der Waals surface area contributed by atoms with E-state index in [1.807, 2.05) is 12.1 Å². The summed E-state index contributed by atoms with van der Waals surface area (Å²) in [5.74, 6) is 0.440. The molecule has 7 nitrogen and oxygen atoms in total. The van der Waals surface area contributed by atoms with Gasteiger partial charge in [0.05, 0.1) is 25.9 Å². The molecule has 0 radical (unpaired) electrons. The lowest BCUT2D eigenvalue weighted by atomic mass is 10.1. The van der Waals surface area contributed by atoms with Crippen molar-refractivity contribution in [3.63, 3.8) is 0 Å². The van der Waals surface area contributed by atoms with Crippen molar-refractivity contribution in [2.24, 2.45) is 4.99 Å². The third-order valence-corrected chi connectivity index (χ3v) is 3.88. The zero-order chi connectivity index (χ0) is 17.2. The Labute approximate surface area is 143 Å². The van der Waals surface area contributed by atoms with Crippen molar-refractivity contribution in [1.29, 1.82) is 0 Å². The summed E-state index contributed by atoms with van der Waals surface area (Å²) in [6.07, 6.45) is 0. The minimum Gasteiger partial charge on any atom is -0.465 e. The van der Waals surface area contributed by atoms with Crippen LogP contribution in [0, 0.1) is 0 Å². The third-order valence-electron chi connectivity index (χ3n) is 3.88. The number of ether oxygens (including phenoxy) is 2. The highest BCUT2D eigenvalue weighted by Crippen LogP contribution is 2.05. The standard InChI is InChI=1S/C17H26N4O3/c1-18-17(19-7-8-21-9-11-24-12-10-21)20-13-14-3-5-15(6-4-14)16(22)23-2/h3-6H,7-13H2,1-2H3,(H2,18,19,20). The molecule has 0 amide bonds. The Morgan fingerprint density at radius 3 is 2.58 bits per heavy atom. The van der Waals surface area contributed by atoms with Crippen molar-refractivity contribution in [1.82, 2.24) is 15.5 Å². The van der Waals surface area contributed by atoms with Gasteiger partial charge in [0.1, 0.15) is 0 Å². The first-order chi connectivity index (χ1) is 11.7. The molecular formula is C17H26N4O3. The number of morpholine rings is 1. The van der Waals surface area contributed by atoms with Gasteiger partial charge in [-0.25, -0.2) is 4.79 Å². The summed E-state index contributed by atoms with van der Waals surface area (Å²) < 4.78 is 10.0. The molecule has 0 atom stereocenters. The Balaban J connectivity index is 1.71. The quantitative estimate of drug-likeness (QED) is 0.447. The molecule has 7 heteroatoms. The van der Waals surface area contributed by atoms with Gasteiger partial charge in [0.25, 0.3) is 0 Å². The minimum atomic E-state index is -0.324. The van der Waals surface area contributed by atoms with Crippen LogP contribution in [0.25, 0.3) is 0 Å². The van der Waals surface area contributed by atoms with E-state index in [-0.39, 0.29) is 5.97 Å². The number of carbonyl (C=O) groups is 1. The van der Waals surface area contributed by atoms with Gasteiger partial charge in [0, 0.05) is 39.8 Å². The predicted octanol–water partition coefficient (Wildman–Crippen LogP) is 0.470. The van der Waals surface area contributed by atoms with E-state index in [0.717, 1.165) is 50.9 Å². The summed E-state index contributed by atoms with van der Waals surface area (Å²) in [7, 11) is 3.13. The number of guanidine groups is 1. The maximum absolute atomic E-state index is 11.4. The second-order valence-electron chi connectivity index (χ2n) is 5.50. The lowest BCUT2D eigenvalue weighted by molar-refractivity contribution is 0.0389. The maximum atomic E-state index is 11.4. The van der Waals surface area contributed by atoms with Crippen LogP contribution in [-0.4, -0.2) is 70.4 Å². The summed E-state index contributed by atoms with van der Waals surface area (Å²) in [6.45, 7) is 6.04. The van der Waals surface area contributed by atoms with Crippen LogP contribution < -0.4 is 10.6 Å². The van der Waals surface area contributed by atoms with Crippen molar-refractivity contribution in [3.05, 3.63) is 35.4 Å². The number of nitrogens with one attached hydrogen (secondary N) is 2. The number of hydrogen-bond acceptors (Lipinski definition) is 5. The van der Waals surface area contributed by atoms with Gasteiger partial charge in [-0.2, -0.15) is 0 Å². The zero-order valence-corrected chi connectivity index (χ0v) is 14.4. The average Bonchev–Trinajstić information content (AvgIpc) is 2.65. The first-order valence-corrected chi connectivity index (χ1v) is 8.15. The van der Waals surface area contributed by atoms with Crippen LogP contribution in [0.15, 0.2) is 29.3 Å². The van der Waals surface area contributed by atoms with Gasteiger partial charge >= 0.3 is 5.97 Å². The highest BCUT2D eigenvalue weighted by molar-refractivity contribution is 5.89. The molecule has 1 aromatic carbocycles. The molecule has 1 aromatic rings. The Morgan fingerprint density at radius 2 is 1.96 bits per heavy atom. The number of carbonyl (C=O) groups excluding carboxylic acids is 1. The van der Waals surface area contributed by atoms with Gasteiger partial charge in [-0.3, -0.25) is 9.89 Å². The lowest BCUT2D eigenvalue weighted by Gasteiger charge is -2.26. The fourth-order valence-electron chi connectivity index (χ4n) is 2.44. The van der Waals surface area contributed by atoms with E-state index >= 15 is 0 Å². The molecule has 0 saturated carbocycles. The van der Waals surface area contributed by atoms with Gasteiger partial charge in [0.2, 0.25) is 0 Å². The molecule has 0 aliphatic carbocycles. The average molecular weight is 334 g/mol. The number of rotatable bonds is 6. The van der Waals surface area contributed by atoms with E-state index in [4.69, 9.17) is 9.47 Å². The fraction of sp³-hybridized carbons (Fsp3) is 0.529. The first-order valence-electron chi connectivity index (χ1n) is 8.15. The van der Waals surface area contributed by atoms with Crippen molar-refractivity contribution in [3.8, 4) is 0 Å². The van der Waals surface area contributed by atoms with Crippen LogP contribution in [0.4, 0.5) is 0 Å². The van der Waals surface area contributed by atoms with E-state index in [0.29, 0.717) is 12.1 Å². The molecule has 1 heterocycles. The Morgan fingerprint density at radius 1 is 1.25 bits per heavy atom. The second kappa shape index (κ2) is 9.89. The lowest BCUT2D eigenvalue weighted by Crippen LogP contribution is -2.44. The van der Waals surface area contributed by atoms with E-state index in [9.17, 15) is 4.79 Å². The van der Waals surface area contributed by atoms with E-state index in [1.165, 1.54) is 7.11 Å². The SMILES string of the molecule is CN=C(NCCN1CCOCC1)NCc1ccc(C(=O)OC)cc1. The largest absolute Gasteiger partial charge is 0.465 e. The van der Waals surface area contributed by atoms with Crippen molar-refractivity contribution in [2.75, 3.05) is 53.6 Å². The van der Waals surface area contributed by atoms with Gasteiger partial charge in [0.15, 0.2) is 5.96 Å². The van der Waals surface area contributed by atoms with Crippen molar-refractivity contribution in [2.45, 2.75) is 6.54 Å². The molecular weight excluding hydrogens is 308 g/mol. The molecule has 2 N–H and O–H groups in total. The summed E-state index contributed by atoms with van der Waals surface area (Å²) >= 11 is 0. The van der Waals surface area contributed by atoms with Gasteiger partial charge in [-0.15, -0.1) is 0 Å². The summed E-state index contributed by atoms with van der Waals surface area (Å²) in [5.41, 5.74) is 1.62. The Kier molecular flexibility index (Phi) is 7.51. The second-order valence-corrected chi connectivity index (χ2v) is 5.50. The Bertz CT molecular complexity index is 539. The molecule has 24 heavy (non-hydrogen) atoms. The molecule has 0 spiro atoms. The molecule has 1 aliphatic heterocycles. The van der Waals surface area contributed by atoms with Crippen LogP contribution in [0.5, 0.6) is 0 Å². The molecule has 0 unspecified atom stereocenters. The number of hydrogen-bond donors (Lipinski definition) is 2. The topological polar surface area (TPSA) is 75.2 Å². The number of esters is 1. The normalized spacial score (nSPS) is 15.8. The molecule has 1 fully saturated rings. The number of benzene rings is 1. The van der Waals surface area contributed by atoms with Gasteiger partial charge in [-0.05, 0) is 17.7 Å². The zero-order valence-electron chi connectivity index (χ0n) is 14.4. The van der Waals surface area contributed by atoms with Crippen LogP contribution in [0.2, 0.25) is 0 Å². The minimum absolute atomic E-state index is 0.324. The predicted molar refractivity (Wildman–Crippen MR) is 93.2 cm³/mol. The number of aliphatic imine (C=N–C) groups is 1. The monoisotopic (exact) mass is 334 g/mol. The van der Waals surface area contributed by atoms with Crippen LogP contribution in [-0.2, 0) is 16.0 Å². The summed E-state index contributed by atoms with van der Waals surface area (Å²) in [5, 5.41) is 6.57. The highest BCUT2D eigenvalue weighted by atomic mass is 16.5. The molecule has 2 rings (SSSR count). The van der Waals surface area contributed by atoms with Crippen LogP contribution >= 0.6 is 0 Å². The smallest absolute Gasteiger partial charge is 0.337 e. The van der Waals surface area contributed by atoms with Gasteiger partial charge in [-0.1, -0.05) is 12.1 Å². The van der Waals surface area contributed by atoms with Gasteiger partial charge < -0.3 is 20.1 Å². The van der Waals surface area contributed by atoms with Crippen molar-refractivity contribution >= 4 is 11.9 Å². The molecule has 0 aromatic heterocycles. The molecule has 1 aliphatic rings.